The SMILES string of the molecule is O=C(O)C(=O)Cc1ccccc1N1CCCC1. The maximum atomic E-state index is 11.3. The Hall–Kier alpha value is -1.84. The number of nitrogens with zero attached hydrogens (tertiary/aromatic N) is 1. The lowest BCUT2D eigenvalue weighted by Crippen LogP contribution is -2.21. The second kappa shape index (κ2) is 4.99. The molecule has 1 aliphatic rings. The van der Waals surface area contributed by atoms with E-state index in [1.165, 1.54) is 0 Å². The number of aliphatic carboxylic acids is 1. The first-order valence-electron chi connectivity index (χ1n) is 5.77. The Morgan fingerprint density at radius 2 is 1.82 bits per heavy atom. The minimum atomic E-state index is -1.36. The van der Waals surface area contributed by atoms with Crippen LogP contribution in [0.5, 0.6) is 0 Å². The van der Waals surface area contributed by atoms with E-state index < -0.39 is 11.8 Å². The highest BCUT2D eigenvalue weighted by Crippen LogP contribution is 2.24. The number of Topliss-reactive ketones (excluding diaryl/α,β-unsaturated/α-hetero) is 1. The molecule has 1 heterocycles. The number of benzene rings is 1. The van der Waals surface area contributed by atoms with Gasteiger partial charge >= 0.3 is 5.97 Å². The molecule has 0 saturated carbocycles. The molecule has 1 fully saturated rings. The Morgan fingerprint density at radius 3 is 2.47 bits per heavy atom. The third-order valence-electron chi connectivity index (χ3n) is 3.03. The highest BCUT2D eigenvalue weighted by Gasteiger charge is 2.19. The van der Waals surface area contributed by atoms with Crippen LogP contribution in [-0.2, 0) is 16.0 Å². The summed E-state index contributed by atoms with van der Waals surface area (Å²) in [5, 5.41) is 8.64. The van der Waals surface area contributed by atoms with Crippen LogP contribution < -0.4 is 4.90 Å². The van der Waals surface area contributed by atoms with E-state index in [2.05, 4.69) is 4.90 Å². The molecule has 90 valence electrons. The summed E-state index contributed by atoms with van der Waals surface area (Å²) in [7, 11) is 0. The van der Waals surface area contributed by atoms with Crippen LogP contribution in [-0.4, -0.2) is 29.9 Å². The van der Waals surface area contributed by atoms with Gasteiger partial charge in [0, 0.05) is 25.2 Å². The molecular weight excluding hydrogens is 218 g/mol. The van der Waals surface area contributed by atoms with Crippen LogP contribution in [0.15, 0.2) is 24.3 Å². The molecule has 17 heavy (non-hydrogen) atoms. The van der Waals surface area contributed by atoms with Crippen molar-refractivity contribution in [1.29, 1.82) is 0 Å². The summed E-state index contributed by atoms with van der Waals surface area (Å²) < 4.78 is 0. The van der Waals surface area contributed by atoms with Crippen molar-refractivity contribution in [2.75, 3.05) is 18.0 Å². The molecule has 1 N–H and O–H groups in total. The monoisotopic (exact) mass is 233 g/mol. The van der Waals surface area contributed by atoms with Crippen molar-refractivity contribution in [3.8, 4) is 0 Å². The first kappa shape index (κ1) is 11.6. The molecule has 4 heteroatoms. The van der Waals surface area contributed by atoms with Crippen molar-refractivity contribution in [3.63, 3.8) is 0 Å². The zero-order chi connectivity index (χ0) is 12.3. The standard InChI is InChI=1S/C13H15NO3/c15-12(13(16)17)9-10-5-1-2-6-11(10)14-7-3-4-8-14/h1-2,5-6H,3-4,7-9H2,(H,16,17). The Balaban J connectivity index is 2.21. The van der Waals surface area contributed by atoms with Crippen LogP contribution in [0, 0.1) is 0 Å². The van der Waals surface area contributed by atoms with E-state index in [1.807, 2.05) is 24.3 Å². The van der Waals surface area contributed by atoms with Crippen molar-refractivity contribution in [2.45, 2.75) is 19.3 Å². The lowest BCUT2D eigenvalue weighted by Gasteiger charge is -2.20. The van der Waals surface area contributed by atoms with E-state index in [1.54, 1.807) is 0 Å². The fourth-order valence-corrected chi connectivity index (χ4v) is 2.18. The molecular formula is C13H15NO3. The number of carboxylic acids is 1. The molecule has 0 radical (unpaired) electrons. The summed E-state index contributed by atoms with van der Waals surface area (Å²) in [6, 6.07) is 7.54. The zero-order valence-corrected chi connectivity index (χ0v) is 9.56. The predicted molar refractivity (Wildman–Crippen MR) is 64.2 cm³/mol. The Bertz CT molecular complexity index is 436. The third-order valence-corrected chi connectivity index (χ3v) is 3.03. The fourth-order valence-electron chi connectivity index (χ4n) is 2.18. The molecule has 0 spiro atoms. The Kier molecular flexibility index (Phi) is 3.42. The van der Waals surface area contributed by atoms with E-state index in [4.69, 9.17) is 5.11 Å². The molecule has 1 aliphatic heterocycles. The van der Waals surface area contributed by atoms with Gasteiger partial charge in [0.2, 0.25) is 5.78 Å². The highest BCUT2D eigenvalue weighted by atomic mass is 16.4. The summed E-state index contributed by atoms with van der Waals surface area (Å²) in [4.78, 5) is 24.0. The number of carboxylic acid groups (broad SMARTS) is 1. The molecule has 4 nitrogen and oxygen atoms in total. The normalized spacial score (nSPS) is 14.9. The average molecular weight is 233 g/mol. The minimum Gasteiger partial charge on any atom is -0.475 e. The van der Waals surface area contributed by atoms with Gasteiger partial charge in [-0.25, -0.2) is 4.79 Å². The molecule has 1 saturated heterocycles. The Morgan fingerprint density at radius 1 is 1.18 bits per heavy atom. The lowest BCUT2D eigenvalue weighted by molar-refractivity contribution is -0.148. The van der Waals surface area contributed by atoms with Gasteiger partial charge in [0.15, 0.2) is 0 Å². The second-order valence-electron chi connectivity index (χ2n) is 4.23. The van der Waals surface area contributed by atoms with Crippen molar-refractivity contribution < 1.29 is 14.7 Å². The van der Waals surface area contributed by atoms with Gasteiger partial charge in [0.05, 0.1) is 0 Å². The van der Waals surface area contributed by atoms with Crippen LogP contribution in [0.4, 0.5) is 5.69 Å². The van der Waals surface area contributed by atoms with Crippen LogP contribution in [0.25, 0.3) is 0 Å². The first-order chi connectivity index (χ1) is 8.18. The number of hydrogen-bond acceptors (Lipinski definition) is 3. The Labute approximate surface area is 99.9 Å². The zero-order valence-electron chi connectivity index (χ0n) is 9.56. The molecule has 2 rings (SSSR count). The van der Waals surface area contributed by atoms with Gasteiger partial charge in [-0.05, 0) is 24.5 Å². The summed E-state index contributed by atoms with van der Waals surface area (Å²) in [5.41, 5.74) is 1.81. The maximum Gasteiger partial charge on any atom is 0.372 e. The maximum absolute atomic E-state index is 11.3. The van der Waals surface area contributed by atoms with E-state index in [0.717, 1.165) is 37.2 Å². The van der Waals surface area contributed by atoms with Crippen LogP contribution in [0.1, 0.15) is 18.4 Å². The molecule has 0 atom stereocenters. The smallest absolute Gasteiger partial charge is 0.372 e. The van der Waals surface area contributed by atoms with Crippen LogP contribution in [0.2, 0.25) is 0 Å². The van der Waals surface area contributed by atoms with Crippen LogP contribution in [0.3, 0.4) is 0 Å². The number of carbonyl (C=O) groups is 2. The van der Waals surface area contributed by atoms with E-state index in [0.29, 0.717) is 0 Å². The number of carbonyl (C=O) groups excluding carboxylic acids is 1. The third kappa shape index (κ3) is 2.64. The number of para-hydroxylation sites is 1. The van der Waals surface area contributed by atoms with Crippen molar-refractivity contribution >= 4 is 17.4 Å². The van der Waals surface area contributed by atoms with E-state index in [-0.39, 0.29) is 6.42 Å². The number of anilines is 1. The largest absolute Gasteiger partial charge is 0.475 e. The van der Waals surface area contributed by atoms with Gasteiger partial charge < -0.3 is 10.0 Å². The summed E-state index contributed by atoms with van der Waals surface area (Å²) >= 11 is 0. The van der Waals surface area contributed by atoms with E-state index >= 15 is 0 Å². The molecule has 0 aromatic heterocycles. The summed E-state index contributed by atoms with van der Waals surface area (Å²) in [6.07, 6.45) is 2.28. The van der Waals surface area contributed by atoms with Gasteiger partial charge in [-0.15, -0.1) is 0 Å². The number of rotatable bonds is 4. The average Bonchev–Trinajstić information content (AvgIpc) is 2.83. The lowest BCUT2D eigenvalue weighted by atomic mass is 10.1. The summed E-state index contributed by atoms with van der Waals surface area (Å²) in [5.74, 6) is -2.11. The van der Waals surface area contributed by atoms with Gasteiger partial charge in [0.25, 0.3) is 0 Å². The van der Waals surface area contributed by atoms with Gasteiger partial charge in [-0.3, -0.25) is 4.79 Å². The predicted octanol–water partition coefficient (Wildman–Crippen LogP) is 1.48. The van der Waals surface area contributed by atoms with Crippen molar-refractivity contribution in [1.82, 2.24) is 0 Å². The first-order valence-corrected chi connectivity index (χ1v) is 5.77. The molecule has 1 aromatic carbocycles. The molecule has 0 bridgehead atoms. The fraction of sp³-hybridized carbons (Fsp3) is 0.385. The van der Waals surface area contributed by atoms with Gasteiger partial charge in [0.1, 0.15) is 0 Å². The molecule has 0 unspecified atom stereocenters. The van der Waals surface area contributed by atoms with Gasteiger partial charge in [-0.2, -0.15) is 0 Å². The van der Waals surface area contributed by atoms with E-state index in [9.17, 15) is 9.59 Å². The van der Waals surface area contributed by atoms with Crippen molar-refractivity contribution in [2.24, 2.45) is 0 Å². The number of hydrogen-bond donors (Lipinski definition) is 1. The topological polar surface area (TPSA) is 57.6 Å². The minimum absolute atomic E-state index is 0.0258. The highest BCUT2D eigenvalue weighted by molar-refractivity contribution is 6.33. The van der Waals surface area contributed by atoms with Crippen LogP contribution >= 0.6 is 0 Å². The van der Waals surface area contributed by atoms with Crippen molar-refractivity contribution in [3.05, 3.63) is 29.8 Å². The molecule has 0 amide bonds. The molecule has 1 aromatic rings. The quantitative estimate of drug-likeness (QED) is 0.800. The number of ketones is 1. The van der Waals surface area contributed by atoms with Gasteiger partial charge in [-0.1, -0.05) is 18.2 Å². The summed E-state index contributed by atoms with van der Waals surface area (Å²) in [6.45, 7) is 1.97. The molecule has 0 aliphatic carbocycles. The second-order valence-corrected chi connectivity index (χ2v) is 4.23.